The lowest BCUT2D eigenvalue weighted by Crippen LogP contribution is -2.48. The molecule has 26 heavy (non-hydrogen) atoms. The van der Waals surface area contributed by atoms with Crippen LogP contribution in [0.2, 0.25) is 0 Å². The van der Waals surface area contributed by atoms with Crippen LogP contribution >= 0.6 is 0 Å². The van der Waals surface area contributed by atoms with Gasteiger partial charge in [-0.1, -0.05) is 6.07 Å². The van der Waals surface area contributed by atoms with Crippen molar-refractivity contribution >= 4 is 29.3 Å². The van der Waals surface area contributed by atoms with Gasteiger partial charge in [0.05, 0.1) is 18.8 Å². The molecule has 4 heterocycles. The molecule has 2 aliphatic heterocycles. The first-order valence-electron chi connectivity index (χ1n) is 8.28. The van der Waals surface area contributed by atoms with E-state index in [0.29, 0.717) is 11.6 Å². The number of urea groups is 1. The highest BCUT2D eigenvalue weighted by Gasteiger charge is 2.40. The Balaban J connectivity index is 1.68. The molecule has 1 fully saturated rings. The van der Waals surface area contributed by atoms with Crippen molar-refractivity contribution in [3.63, 3.8) is 0 Å². The maximum Gasteiger partial charge on any atom is 0.329 e. The van der Waals surface area contributed by atoms with Gasteiger partial charge in [-0.15, -0.1) is 0 Å². The number of hydrogen-bond donors (Lipinski definition) is 2. The number of nitrogens with zero attached hydrogens (tertiary/aromatic N) is 4. The fourth-order valence-corrected chi connectivity index (χ4v) is 3.35. The monoisotopic (exact) mass is 354 g/mol. The van der Waals surface area contributed by atoms with E-state index in [1.54, 1.807) is 35.4 Å². The Morgan fingerprint density at radius 3 is 2.92 bits per heavy atom. The maximum absolute atomic E-state index is 12.9. The molecular weight excluding hydrogens is 336 g/mol. The van der Waals surface area contributed by atoms with Gasteiger partial charge in [-0.2, -0.15) is 0 Å². The molecule has 2 bridgehead atoms. The summed E-state index contributed by atoms with van der Waals surface area (Å²) in [5.74, 6) is 0.469. The molecule has 2 aliphatic rings. The molecule has 1 saturated heterocycles. The Morgan fingerprint density at radius 2 is 2.15 bits per heavy atom. The predicted octanol–water partition coefficient (Wildman–Crippen LogP) is 1.40. The largest absolute Gasteiger partial charge is 0.366 e. The summed E-state index contributed by atoms with van der Waals surface area (Å²) < 4.78 is 0. The van der Waals surface area contributed by atoms with Crippen molar-refractivity contribution in [3.8, 4) is 0 Å². The first-order chi connectivity index (χ1) is 12.7. The van der Waals surface area contributed by atoms with Gasteiger partial charge in [0.2, 0.25) is 0 Å². The lowest BCUT2D eigenvalue weighted by molar-refractivity contribution is 0.0532. The van der Waals surface area contributed by atoms with Gasteiger partial charge in [-0.3, -0.25) is 19.8 Å². The smallest absolute Gasteiger partial charge is 0.329 e. The summed E-state index contributed by atoms with van der Waals surface area (Å²) in [6, 6.07) is 8.43. The molecule has 2 aromatic rings. The molecule has 3 amide bonds. The molecule has 1 unspecified atom stereocenters. The maximum atomic E-state index is 12.9. The number of carbonyl (C=O) groups is 2. The molecule has 0 aromatic carbocycles. The Kier molecular flexibility index (Phi) is 4.13. The first-order valence-corrected chi connectivity index (χ1v) is 8.28. The molecular formula is C17H18N6O3. The van der Waals surface area contributed by atoms with E-state index in [1.807, 2.05) is 6.07 Å². The average molecular weight is 354 g/mol. The number of rotatable bonds is 3. The van der Waals surface area contributed by atoms with E-state index in [2.05, 4.69) is 30.5 Å². The Morgan fingerprint density at radius 1 is 1.27 bits per heavy atom. The molecule has 2 N–H and O–H groups in total. The molecule has 9 heteroatoms. The topological polar surface area (TPSA) is 99.7 Å². The van der Waals surface area contributed by atoms with Gasteiger partial charge >= 0.3 is 6.03 Å². The Bertz CT molecular complexity index is 844. The highest BCUT2D eigenvalue weighted by Crippen LogP contribution is 2.39. The minimum Gasteiger partial charge on any atom is -0.366 e. The third-order valence-corrected chi connectivity index (χ3v) is 4.50. The van der Waals surface area contributed by atoms with Gasteiger partial charge in [0.15, 0.2) is 5.82 Å². The van der Waals surface area contributed by atoms with Crippen molar-refractivity contribution in [3.05, 3.63) is 42.2 Å². The summed E-state index contributed by atoms with van der Waals surface area (Å²) in [6.45, 7) is 1.59. The number of amides is 3. The van der Waals surface area contributed by atoms with Gasteiger partial charge in [0.1, 0.15) is 11.5 Å². The van der Waals surface area contributed by atoms with E-state index in [4.69, 9.17) is 0 Å². The van der Waals surface area contributed by atoms with E-state index >= 15 is 0 Å². The number of anilines is 3. The van der Waals surface area contributed by atoms with Gasteiger partial charge in [-0.25, -0.2) is 20.2 Å². The minimum absolute atomic E-state index is 0.000511. The van der Waals surface area contributed by atoms with Crippen molar-refractivity contribution < 1.29 is 14.4 Å². The van der Waals surface area contributed by atoms with Gasteiger partial charge < -0.3 is 4.90 Å². The van der Waals surface area contributed by atoms with Crippen molar-refractivity contribution in [2.75, 3.05) is 35.3 Å². The van der Waals surface area contributed by atoms with Crippen LogP contribution in [-0.4, -0.2) is 48.1 Å². The second kappa shape index (κ2) is 6.60. The molecule has 4 rings (SSSR count). The molecule has 0 radical (unpaired) electrons. The van der Waals surface area contributed by atoms with Crippen LogP contribution in [0.25, 0.3) is 0 Å². The minimum atomic E-state index is -0.465. The zero-order valence-corrected chi connectivity index (χ0v) is 14.2. The van der Waals surface area contributed by atoms with Crippen LogP contribution < -0.4 is 20.6 Å². The fourth-order valence-electron chi connectivity index (χ4n) is 3.35. The molecule has 2 aromatic heterocycles. The molecule has 134 valence electrons. The number of pyridine rings is 2. The van der Waals surface area contributed by atoms with Crippen LogP contribution in [0.4, 0.5) is 22.1 Å². The van der Waals surface area contributed by atoms with E-state index in [9.17, 15) is 9.59 Å². The molecule has 0 spiro atoms. The third-order valence-electron chi connectivity index (χ3n) is 4.50. The van der Waals surface area contributed by atoms with Crippen LogP contribution in [0, 0.1) is 0 Å². The quantitative estimate of drug-likeness (QED) is 0.808. The van der Waals surface area contributed by atoms with Gasteiger partial charge in [0.25, 0.3) is 5.91 Å². The zero-order chi connectivity index (χ0) is 18.1. The van der Waals surface area contributed by atoms with Gasteiger partial charge in [-0.05, 0) is 30.7 Å². The van der Waals surface area contributed by atoms with Crippen LogP contribution in [0.3, 0.4) is 0 Å². The average Bonchev–Trinajstić information content (AvgIpc) is 3.07. The van der Waals surface area contributed by atoms with E-state index in [1.165, 1.54) is 7.11 Å². The summed E-state index contributed by atoms with van der Waals surface area (Å²) >= 11 is 0. The lowest BCUT2D eigenvalue weighted by Gasteiger charge is -2.35. The van der Waals surface area contributed by atoms with Gasteiger partial charge in [0, 0.05) is 19.3 Å². The van der Waals surface area contributed by atoms with E-state index < -0.39 is 5.91 Å². The normalized spacial score (nSPS) is 17.7. The zero-order valence-electron chi connectivity index (χ0n) is 14.2. The standard InChI is InChI=1S/C17H18N6O3/c1-26-21-16(24)12-5-6-13-15(19-12)23(11-7-9-22(13)10-11)17(25)20-14-4-2-3-8-18-14/h2-6,8,11H,7,9-10H2,1H3,(H,21,24)(H,18,20,25). The number of aromatic nitrogens is 2. The Hall–Kier alpha value is -3.20. The number of hydrogen-bond acceptors (Lipinski definition) is 6. The Labute approximate surface area is 149 Å². The summed E-state index contributed by atoms with van der Waals surface area (Å²) in [4.78, 5) is 42.0. The van der Waals surface area contributed by atoms with Crippen LogP contribution in [0.1, 0.15) is 16.9 Å². The third kappa shape index (κ3) is 2.82. The summed E-state index contributed by atoms with van der Waals surface area (Å²) in [5, 5.41) is 2.80. The summed E-state index contributed by atoms with van der Waals surface area (Å²) in [6.07, 6.45) is 2.45. The van der Waals surface area contributed by atoms with E-state index in [0.717, 1.165) is 25.2 Å². The van der Waals surface area contributed by atoms with Crippen molar-refractivity contribution in [1.82, 2.24) is 15.4 Å². The van der Waals surface area contributed by atoms with Crippen molar-refractivity contribution in [2.45, 2.75) is 12.5 Å². The fraction of sp³-hybridized carbons (Fsp3) is 0.294. The van der Waals surface area contributed by atoms with Crippen LogP contribution in [0.15, 0.2) is 36.5 Å². The predicted molar refractivity (Wildman–Crippen MR) is 95.1 cm³/mol. The second-order valence-electron chi connectivity index (χ2n) is 6.08. The number of hydroxylamine groups is 1. The highest BCUT2D eigenvalue weighted by molar-refractivity contribution is 6.04. The molecule has 0 aliphatic carbocycles. The van der Waals surface area contributed by atoms with Crippen molar-refractivity contribution in [1.29, 1.82) is 0 Å². The first kappa shape index (κ1) is 16.3. The number of fused-ring (bicyclic) bond motifs is 4. The highest BCUT2D eigenvalue weighted by atomic mass is 16.6. The summed E-state index contributed by atoms with van der Waals surface area (Å²) in [7, 11) is 1.36. The van der Waals surface area contributed by atoms with Crippen LogP contribution in [-0.2, 0) is 4.84 Å². The molecule has 9 nitrogen and oxygen atoms in total. The van der Waals surface area contributed by atoms with E-state index in [-0.39, 0.29) is 17.8 Å². The van der Waals surface area contributed by atoms with Crippen LogP contribution in [0.5, 0.6) is 0 Å². The number of nitrogens with one attached hydrogen (secondary N) is 2. The number of carbonyl (C=O) groups excluding carboxylic acids is 2. The molecule has 1 atom stereocenters. The summed E-state index contributed by atoms with van der Waals surface area (Å²) in [5.41, 5.74) is 3.27. The molecule has 0 saturated carbocycles. The second-order valence-corrected chi connectivity index (χ2v) is 6.08. The SMILES string of the molecule is CONC(=O)c1ccc2c(n1)N(C(=O)Nc1ccccn1)C1CCN2C1. The lowest BCUT2D eigenvalue weighted by atomic mass is 10.1. The van der Waals surface area contributed by atoms with Crippen molar-refractivity contribution in [2.24, 2.45) is 0 Å².